The molecule has 1 aromatic carbocycles. The Morgan fingerprint density at radius 3 is 2.79 bits per heavy atom. The summed E-state index contributed by atoms with van der Waals surface area (Å²) in [5.41, 5.74) is -0.681. The first-order valence-electron chi connectivity index (χ1n) is 7.54. The van der Waals surface area contributed by atoms with Gasteiger partial charge >= 0.3 is 5.63 Å². The van der Waals surface area contributed by atoms with Crippen molar-refractivity contribution in [1.29, 1.82) is 0 Å². The van der Waals surface area contributed by atoms with E-state index in [0.29, 0.717) is 23.3 Å². The SMILES string of the molecule is CC=C(CC)Oc1c(O)c2ccc(OCC(O)CO)cc2oc1=O. The Labute approximate surface area is 138 Å². The van der Waals surface area contributed by atoms with Gasteiger partial charge in [0.25, 0.3) is 5.75 Å². The molecule has 7 heteroatoms. The average Bonchev–Trinajstić information content (AvgIpc) is 2.59. The van der Waals surface area contributed by atoms with Crippen LogP contribution < -0.4 is 15.1 Å². The van der Waals surface area contributed by atoms with Gasteiger partial charge in [-0.1, -0.05) is 6.92 Å². The predicted molar refractivity (Wildman–Crippen MR) is 87.4 cm³/mol. The third kappa shape index (κ3) is 3.87. The van der Waals surface area contributed by atoms with Crippen LogP contribution in [0.3, 0.4) is 0 Å². The highest BCUT2D eigenvalue weighted by atomic mass is 16.5. The molecule has 0 aliphatic heterocycles. The molecule has 1 aromatic heterocycles. The fourth-order valence-corrected chi connectivity index (χ4v) is 2.04. The lowest BCUT2D eigenvalue weighted by Gasteiger charge is -2.12. The highest BCUT2D eigenvalue weighted by Crippen LogP contribution is 2.34. The van der Waals surface area contributed by atoms with E-state index in [-0.39, 0.29) is 23.7 Å². The fraction of sp³-hybridized carbons (Fsp3) is 0.353. The summed E-state index contributed by atoms with van der Waals surface area (Å²) in [5, 5.41) is 28.6. The molecule has 2 rings (SSSR count). The number of aromatic hydroxyl groups is 1. The first-order valence-corrected chi connectivity index (χ1v) is 7.54. The largest absolute Gasteiger partial charge is 0.504 e. The van der Waals surface area contributed by atoms with E-state index < -0.39 is 18.3 Å². The molecule has 24 heavy (non-hydrogen) atoms. The predicted octanol–water partition coefficient (Wildman–Crippen LogP) is 1.92. The normalized spacial score (nSPS) is 13.1. The lowest BCUT2D eigenvalue weighted by atomic mass is 10.2. The van der Waals surface area contributed by atoms with E-state index in [1.807, 2.05) is 6.92 Å². The van der Waals surface area contributed by atoms with E-state index in [9.17, 15) is 15.0 Å². The minimum atomic E-state index is -1.01. The quantitative estimate of drug-likeness (QED) is 0.523. The Morgan fingerprint density at radius 1 is 1.42 bits per heavy atom. The molecule has 0 spiro atoms. The number of aliphatic hydroxyl groups excluding tert-OH is 2. The Morgan fingerprint density at radius 2 is 2.17 bits per heavy atom. The van der Waals surface area contributed by atoms with Crippen LogP contribution in [0.5, 0.6) is 17.2 Å². The number of benzene rings is 1. The summed E-state index contributed by atoms with van der Waals surface area (Å²) in [6.07, 6.45) is 1.25. The second-order valence-corrected chi connectivity index (χ2v) is 5.08. The Bertz CT molecular complexity index is 791. The minimum Gasteiger partial charge on any atom is -0.504 e. The first-order chi connectivity index (χ1) is 11.5. The summed E-state index contributed by atoms with van der Waals surface area (Å²) in [5.74, 6) is 0.293. The van der Waals surface area contributed by atoms with Gasteiger partial charge in [-0.2, -0.15) is 0 Å². The maximum Gasteiger partial charge on any atom is 0.383 e. The zero-order chi connectivity index (χ0) is 17.7. The zero-order valence-corrected chi connectivity index (χ0v) is 13.5. The second-order valence-electron chi connectivity index (χ2n) is 5.08. The number of fused-ring (bicyclic) bond motifs is 1. The van der Waals surface area contributed by atoms with E-state index in [0.717, 1.165) is 0 Å². The smallest absolute Gasteiger partial charge is 0.383 e. The third-order valence-corrected chi connectivity index (χ3v) is 3.37. The van der Waals surface area contributed by atoms with Gasteiger partial charge in [-0.15, -0.1) is 0 Å². The average molecular weight is 336 g/mol. The molecule has 1 heterocycles. The second kappa shape index (κ2) is 7.85. The number of ether oxygens (including phenoxy) is 2. The van der Waals surface area contributed by atoms with Gasteiger partial charge < -0.3 is 29.2 Å². The van der Waals surface area contributed by atoms with Crippen molar-refractivity contribution in [3.63, 3.8) is 0 Å². The highest BCUT2D eigenvalue weighted by molar-refractivity contribution is 5.86. The van der Waals surface area contributed by atoms with Crippen molar-refractivity contribution in [2.24, 2.45) is 0 Å². The maximum atomic E-state index is 12.1. The van der Waals surface area contributed by atoms with Crippen LogP contribution in [0.25, 0.3) is 11.0 Å². The molecule has 1 atom stereocenters. The van der Waals surface area contributed by atoms with Crippen molar-refractivity contribution in [2.75, 3.05) is 13.2 Å². The van der Waals surface area contributed by atoms with Gasteiger partial charge in [0.15, 0.2) is 5.75 Å². The Hall–Kier alpha value is -2.51. The number of hydrogen-bond donors (Lipinski definition) is 3. The molecule has 7 nitrogen and oxygen atoms in total. The first kappa shape index (κ1) is 17.8. The molecule has 0 bridgehead atoms. The van der Waals surface area contributed by atoms with E-state index in [1.165, 1.54) is 12.1 Å². The van der Waals surface area contributed by atoms with Gasteiger partial charge in [0, 0.05) is 12.5 Å². The summed E-state index contributed by atoms with van der Waals surface area (Å²) in [6, 6.07) is 4.48. The molecule has 2 aromatic rings. The van der Waals surface area contributed by atoms with Crippen molar-refractivity contribution in [3.8, 4) is 17.2 Å². The molecule has 0 radical (unpaired) electrons. The molecule has 0 aliphatic carbocycles. The number of hydrogen-bond acceptors (Lipinski definition) is 7. The Kier molecular flexibility index (Phi) is 5.83. The highest BCUT2D eigenvalue weighted by Gasteiger charge is 2.17. The van der Waals surface area contributed by atoms with Crippen LogP contribution in [0.1, 0.15) is 20.3 Å². The van der Waals surface area contributed by atoms with Crippen LogP contribution in [0, 0.1) is 0 Å². The minimum absolute atomic E-state index is 0.111. The lowest BCUT2D eigenvalue weighted by Crippen LogP contribution is -2.21. The van der Waals surface area contributed by atoms with Crippen molar-refractivity contribution < 1.29 is 29.2 Å². The molecule has 0 aliphatic rings. The van der Waals surface area contributed by atoms with Gasteiger partial charge in [-0.05, 0) is 25.1 Å². The number of allylic oxidation sites excluding steroid dienone is 2. The van der Waals surface area contributed by atoms with Crippen LogP contribution in [-0.4, -0.2) is 34.6 Å². The van der Waals surface area contributed by atoms with Crippen LogP contribution >= 0.6 is 0 Å². The monoisotopic (exact) mass is 336 g/mol. The number of aliphatic hydroxyl groups is 2. The molecular formula is C17H20O7. The van der Waals surface area contributed by atoms with Crippen LogP contribution in [0.2, 0.25) is 0 Å². The number of rotatable bonds is 7. The van der Waals surface area contributed by atoms with Gasteiger partial charge in [-0.25, -0.2) is 4.79 Å². The maximum absolute atomic E-state index is 12.1. The van der Waals surface area contributed by atoms with E-state index in [2.05, 4.69) is 0 Å². The van der Waals surface area contributed by atoms with Crippen molar-refractivity contribution >= 4 is 11.0 Å². The lowest BCUT2D eigenvalue weighted by molar-refractivity contribution is 0.0536. The zero-order valence-electron chi connectivity index (χ0n) is 13.5. The molecule has 130 valence electrons. The van der Waals surface area contributed by atoms with E-state index >= 15 is 0 Å². The van der Waals surface area contributed by atoms with Gasteiger partial charge in [-0.3, -0.25) is 0 Å². The van der Waals surface area contributed by atoms with Crippen LogP contribution in [0.4, 0.5) is 0 Å². The van der Waals surface area contributed by atoms with Gasteiger partial charge in [0.1, 0.15) is 29.8 Å². The molecular weight excluding hydrogens is 316 g/mol. The summed E-state index contributed by atoms with van der Waals surface area (Å²) >= 11 is 0. The molecule has 1 unspecified atom stereocenters. The fourth-order valence-electron chi connectivity index (χ4n) is 2.04. The third-order valence-electron chi connectivity index (χ3n) is 3.37. The summed E-state index contributed by atoms with van der Waals surface area (Å²) in [6.45, 7) is 3.10. The summed E-state index contributed by atoms with van der Waals surface area (Å²) < 4.78 is 15.9. The Balaban J connectivity index is 2.37. The summed E-state index contributed by atoms with van der Waals surface area (Å²) in [7, 11) is 0. The van der Waals surface area contributed by atoms with E-state index in [1.54, 1.807) is 19.1 Å². The van der Waals surface area contributed by atoms with Crippen molar-refractivity contribution in [1.82, 2.24) is 0 Å². The topological polar surface area (TPSA) is 109 Å². The molecule has 0 fully saturated rings. The van der Waals surface area contributed by atoms with Gasteiger partial charge in [0.05, 0.1) is 12.0 Å². The van der Waals surface area contributed by atoms with Crippen molar-refractivity contribution in [3.05, 3.63) is 40.5 Å². The van der Waals surface area contributed by atoms with Gasteiger partial charge in [0.2, 0.25) is 0 Å². The van der Waals surface area contributed by atoms with E-state index in [4.69, 9.17) is 19.0 Å². The summed E-state index contributed by atoms with van der Waals surface area (Å²) in [4.78, 5) is 12.1. The van der Waals surface area contributed by atoms with Crippen molar-refractivity contribution in [2.45, 2.75) is 26.4 Å². The molecule has 3 N–H and O–H groups in total. The molecule has 0 saturated carbocycles. The standard InChI is InChI=1S/C17H20O7/c1-3-11(4-2)23-16-15(20)13-6-5-12(22-9-10(19)8-18)7-14(13)24-17(16)21/h3,5-7,10,18-20H,4,8-9H2,1-2H3. The van der Waals surface area contributed by atoms with Crippen LogP contribution in [0.15, 0.2) is 39.2 Å². The van der Waals surface area contributed by atoms with Crippen LogP contribution in [-0.2, 0) is 0 Å². The molecule has 0 saturated heterocycles. The molecule has 0 amide bonds.